The van der Waals surface area contributed by atoms with Crippen LogP contribution in [0.2, 0.25) is 5.02 Å². The lowest BCUT2D eigenvalue weighted by molar-refractivity contribution is 0.185. The van der Waals surface area contributed by atoms with Gasteiger partial charge < -0.3 is 14.9 Å². The number of aromatic nitrogens is 2. The second kappa shape index (κ2) is 7.39. The molecule has 0 aliphatic heterocycles. The van der Waals surface area contributed by atoms with Crippen LogP contribution in [0.4, 0.5) is 0 Å². The Morgan fingerprint density at radius 3 is 2.70 bits per heavy atom. The largest absolute Gasteiger partial charge is 0.411 e. The normalized spacial score (nSPS) is 11.8. The number of rotatable bonds is 5. The van der Waals surface area contributed by atoms with Gasteiger partial charge in [0, 0.05) is 34.0 Å². The molecule has 27 heavy (non-hydrogen) atoms. The Morgan fingerprint density at radius 1 is 1.11 bits per heavy atom. The van der Waals surface area contributed by atoms with Crippen molar-refractivity contribution in [1.82, 2.24) is 9.97 Å². The molecule has 136 valence electrons. The molecule has 0 saturated carbocycles. The molecule has 2 aromatic carbocycles. The Morgan fingerprint density at radius 2 is 1.93 bits per heavy atom. The van der Waals surface area contributed by atoms with Crippen LogP contribution in [0.3, 0.4) is 0 Å². The predicted octanol–water partition coefficient (Wildman–Crippen LogP) is 4.91. The van der Waals surface area contributed by atoms with E-state index in [9.17, 15) is 0 Å². The number of nitrogens with one attached hydrogen (secondary N) is 1. The Kier molecular flexibility index (Phi) is 4.79. The van der Waals surface area contributed by atoms with E-state index in [4.69, 9.17) is 21.5 Å². The van der Waals surface area contributed by atoms with Gasteiger partial charge in [0.25, 0.3) is 0 Å². The maximum absolute atomic E-state index is 8.99. The van der Waals surface area contributed by atoms with Crippen LogP contribution in [0.25, 0.3) is 21.8 Å². The van der Waals surface area contributed by atoms with E-state index in [1.54, 1.807) is 13.3 Å². The zero-order chi connectivity index (χ0) is 18.8. The van der Waals surface area contributed by atoms with Gasteiger partial charge in [0.05, 0.1) is 30.2 Å². The van der Waals surface area contributed by atoms with Gasteiger partial charge in [-0.1, -0.05) is 47.1 Å². The average Bonchev–Trinajstić information content (AvgIpc) is 3.05. The van der Waals surface area contributed by atoms with E-state index in [1.807, 2.05) is 36.4 Å². The first kappa shape index (κ1) is 17.5. The lowest BCUT2D eigenvalue weighted by atomic mass is 9.97. The van der Waals surface area contributed by atoms with Gasteiger partial charge in [-0.05, 0) is 29.7 Å². The number of ether oxygens (including phenoxy) is 1. The number of hydrogen-bond donors (Lipinski definition) is 2. The minimum Gasteiger partial charge on any atom is -0.411 e. The summed E-state index contributed by atoms with van der Waals surface area (Å²) in [4.78, 5) is 7.83. The third-order valence-electron chi connectivity index (χ3n) is 4.69. The second-order valence-corrected chi connectivity index (χ2v) is 6.73. The maximum atomic E-state index is 8.99. The maximum Gasteiger partial charge on any atom is 0.0922 e. The van der Waals surface area contributed by atoms with Gasteiger partial charge in [-0.15, -0.1) is 0 Å². The molecule has 0 spiro atoms. The van der Waals surface area contributed by atoms with Crippen LogP contribution in [-0.2, 0) is 17.8 Å². The van der Waals surface area contributed by atoms with Gasteiger partial charge in [-0.25, -0.2) is 0 Å². The highest BCUT2D eigenvalue weighted by Crippen LogP contribution is 2.34. The van der Waals surface area contributed by atoms with Crippen molar-refractivity contribution in [2.24, 2.45) is 5.16 Å². The van der Waals surface area contributed by atoms with E-state index in [1.165, 1.54) is 6.21 Å². The summed E-state index contributed by atoms with van der Waals surface area (Å²) in [6, 6.07) is 14.1. The van der Waals surface area contributed by atoms with Crippen LogP contribution in [0, 0.1) is 0 Å². The number of benzene rings is 2. The minimum absolute atomic E-state index is 0.360. The molecule has 0 aliphatic carbocycles. The number of fused-ring (bicyclic) bond motifs is 3. The van der Waals surface area contributed by atoms with Crippen LogP contribution in [-0.4, -0.2) is 28.5 Å². The van der Waals surface area contributed by atoms with Crippen molar-refractivity contribution in [1.29, 1.82) is 0 Å². The summed E-state index contributed by atoms with van der Waals surface area (Å²) in [6.45, 7) is 0.360. The lowest BCUT2D eigenvalue weighted by Crippen LogP contribution is -2.00. The summed E-state index contributed by atoms with van der Waals surface area (Å²) in [5.74, 6) is 0. The first-order valence-electron chi connectivity index (χ1n) is 8.54. The fraction of sp³-hybridized carbons (Fsp3) is 0.143. The van der Waals surface area contributed by atoms with Crippen molar-refractivity contribution in [3.63, 3.8) is 0 Å². The van der Waals surface area contributed by atoms with Crippen molar-refractivity contribution >= 4 is 39.6 Å². The molecule has 0 fully saturated rings. The molecule has 4 rings (SSSR count). The predicted molar refractivity (Wildman–Crippen MR) is 108 cm³/mol. The summed E-state index contributed by atoms with van der Waals surface area (Å²) in [5.41, 5.74) is 5.62. The molecule has 5 nitrogen and oxygen atoms in total. The molecule has 2 aromatic heterocycles. The molecule has 0 unspecified atom stereocenters. The van der Waals surface area contributed by atoms with Crippen molar-refractivity contribution in [3.05, 3.63) is 76.1 Å². The third-order valence-corrected chi connectivity index (χ3v) is 5.06. The van der Waals surface area contributed by atoms with E-state index < -0.39 is 0 Å². The number of nitrogens with zero attached hydrogens (tertiary/aromatic N) is 2. The summed E-state index contributed by atoms with van der Waals surface area (Å²) in [6.07, 6.45) is 3.80. The van der Waals surface area contributed by atoms with E-state index >= 15 is 0 Å². The van der Waals surface area contributed by atoms with E-state index in [-0.39, 0.29) is 0 Å². The second-order valence-electron chi connectivity index (χ2n) is 6.32. The Balaban J connectivity index is 2.00. The highest BCUT2D eigenvalue weighted by atomic mass is 35.5. The first-order chi connectivity index (χ1) is 13.2. The zero-order valence-electron chi connectivity index (χ0n) is 14.7. The monoisotopic (exact) mass is 379 g/mol. The van der Waals surface area contributed by atoms with Crippen molar-refractivity contribution in [2.75, 3.05) is 7.11 Å². The number of pyridine rings is 1. The topological polar surface area (TPSA) is 70.5 Å². The van der Waals surface area contributed by atoms with Gasteiger partial charge in [0.1, 0.15) is 0 Å². The Labute approximate surface area is 161 Å². The fourth-order valence-corrected chi connectivity index (χ4v) is 3.75. The number of aromatic amines is 1. The molecule has 0 aliphatic rings. The number of halogens is 1. The van der Waals surface area contributed by atoms with Crippen LogP contribution in [0.1, 0.15) is 22.4 Å². The molecule has 2 N–H and O–H groups in total. The van der Waals surface area contributed by atoms with Gasteiger partial charge >= 0.3 is 0 Å². The van der Waals surface area contributed by atoms with Gasteiger partial charge in [0.15, 0.2) is 0 Å². The number of oxime groups is 1. The van der Waals surface area contributed by atoms with Crippen LogP contribution in [0.5, 0.6) is 0 Å². The highest BCUT2D eigenvalue weighted by Gasteiger charge is 2.16. The van der Waals surface area contributed by atoms with Crippen molar-refractivity contribution in [3.8, 4) is 0 Å². The Bertz CT molecular complexity index is 1150. The van der Waals surface area contributed by atoms with Crippen molar-refractivity contribution in [2.45, 2.75) is 13.0 Å². The number of hydrogen-bond acceptors (Lipinski definition) is 4. The van der Waals surface area contributed by atoms with Gasteiger partial charge in [0.2, 0.25) is 0 Å². The number of methoxy groups -OCH3 is 1. The molecule has 0 radical (unpaired) electrons. The number of H-pyrrole nitrogens is 1. The lowest BCUT2D eigenvalue weighted by Gasteiger charge is -2.10. The van der Waals surface area contributed by atoms with Gasteiger partial charge in [-0.3, -0.25) is 4.98 Å². The quantitative estimate of drug-likeness (QED) is 0.294. The summed E-state index contributed by atoms with van der Waals surface area (Å²) < 4.78 is 5.40. The smallest absolute Gasteiger partial charge is 0.0922 e. The van der Waals surface area contributed by atoms with E-state index in [2.05, 4.69) is 21.2 Å². The van der Waals surface area contributed by atoms with Crippen LogP contribution >= 0.6 is 11.6 Å². The van der Waals surface area contributed by atoms with Gasteiger partial charge in [-0.2, -0.15) is 0 Å². The summed E-state index contributed by atoms with van der Waals surface area (Å²) in [7, 11) is 1.64. The standard InChI is InChI=1S/C21H18ClN3O2/c1-27-12-15-18(11-24-26)23-10-19-21(15)20-14(6-4-8-17(20)25-19)9-13-5-2-3-7-16(13)22/h2-8,10-11,25-26H,9,12H2,1H3/b24-11+. The molecule has 0 amide bonds. The van der Waals surface area contributed by atoms with Crippen LogP contribution in [0.15, 0.2) is 53.8 Å². The molecule has 6 heteroatoms. The zero-order valence-corrected chi connectivity index (χ0v) is 15.5. The SMILES string of the molecule is COCc1c(/C=N/O)ncc2[nH]c3cccc(Cc4ccccc4Cl)c3c12. The molecular formula is C21H18ClN3O2. The van der Waals surface area contributed by atoms with E-state index in [0.29, 0.717) is 18.7 Å². The fourth-order valence-electron chi connectivity index (χ4n) is 3.54. The van der Waals surface area contributed by atoms with E-state index in [0.717, 1.165) is 43.5 Å². The Hall–Kier alpha value is -2.89. The molecule has 0 atom stereocenters. The first-order valence-corrected chi connectivity index (χ1v) is 8.91. The van der Waals surface area contributed by atoms with Crippen molar-refractivity contribution < 1.29 is 9.94 Å². The minimum atomic E-state index is 0.360. The van der Waals surface area contributed by atoms with Crippen LogP contribution < -0.4 is 0 Å². The third kappa shape index (κ3) is 3.16. The average molecular weight is 380 g/mol. The molecule has 0 saturated heterocycles. The molecule has 2 heterocycles. The highest BCUT2D eigenvalue weighted by molar-refractivity contribution is 6.31. The summed E-state index contributed by atoms with van der Waals surface area (Å²) in [5, 5.41) is 15.0. The summed E-state index contributed by atoms with van der Waals surface area (Å²) >= 11 is 6.38. The molecule has 4 aromatic rings. The molecular weight excluding hydrogens is 362 g/mol. The molecule has 0 bridgehead atoms.